The summed E-state index contributed by atoms with van der Waals surface area (Å²) in [6.45, 7) is 6.25. The molecular formula is C23H28O5S2. The lowest BCUT2D eigenvalue weighted by molar-refractivity contribution is -0.304. The number of benzene rings is 2. The Kier molecular flexibility index (Phi) is 8.53. The Hall–Kier alpha value is -1.64. The first-order valence-corrected chi connectivity index (χ1v) is 11.8. The van der Waals surface area contributed by atoms with Gasteiger partial charge < -0.3 is 23.7 Å². The van der Waals surface area contributed by atoms with Crippen molar-refractivity contribution in [3.8, 4) is 11.5 Å². The summed E-state index contributed by atoms with van der Waals surface area (Å²) in [4.78, 5) is 2.29. The van der Waals surface area contributed by atoms with E-state index in [0.29, 0.717) is 6.61 Å². The van der Waals surface area contributed by atoms with E-state index >= 15 is 0 Å². The molecule has 2 aromatic carbocycles. The van der Waals surface area contributed by atoms with Crippen LogP contribution >= 0.6 is 23.5 Å². The van der Waals surface area contributed by atoms with Crippen molar-refractivity contribution in [2.75, 3.05) is 32.3 Å². The highest BCUT2D eigenvalue weighted by atomic mass is 32.2. The molecule has 0 amide bonds. The fraction of sp³-hybridized carbons (Fsp3) is 0.391. The number of hydrogen-bond donors (Lipinski definition) is 0. The fourth-order valence-corrected chi connectivity index (χ4v) is 4.95. The summed E-state index contributed by atoms with van der Waals surface area (Å²) in [5.74, 6) is 1.97. The molecule has 0 radical (unpaired) electrons. The fourth-order valence-electron chi connectivity index (χ4n) is 3.01. The zero-order valence-electron chi connectivity index (χ0n) is 17.5. The molecular weight excluding hydrogens is 420 g/mol. The van der Waals surface area contributed by atoms with E-state index < -0.39 is 5.97 Å². The summed E-state index contributed by atoms with van der Waals surface area (Å²) < 4.78 is 28.6. The molecule has 0 bridgehead atoms. The molecule has 7 heteroatoms. The predicted molar refractivity (Wildman–Crippen MR) is 122 cm³/mol. The average Bonchev–Trinajstić information content (AvgIpc) is 3.15. The molecule has 0 aromatic heterocycles. The van der Waals surface area contributed by atoms with Gasteiger partial charge in [0.05, 0.1) is 14.2 Å². The van der Waals surface area contributed by atoms with Crippen molar-refractivity contribution in [3.63, 3.8) is 0 Å². The van der Waals surface area contributed by atoms with Crippen molar-refractivity contribution in [2.45, 2.75) is 34.9 Å². The molecule has 162 valence electrons. The summed E-state index contributed by atoms with van der Waals surface area (Å²) in [6, 6.07) is 16.0. The zero-order chi connectivity index (χ0) is 21.4. The van der Waals surface area contributed by atoms with E-state index in [1.165, 1.54) is 0 Å². The topological polar surface area (TPSA) is 46.2 Å². The van der Waals surface area contributed by atoms with Crippen LogP contribution in [-0.4, -0.2) is 50.5 Å². The molecule has 2 unspecified atom stereocenters. The molecule has 1 fully saturated rings. The Bertz CT molecular complexity index is 735. The average molecular weight is 449 g/mol. The third kappa shape index (κ3) is 5.95. The van der Waals surface area contributed by atoms with Gasteiger partial charge in [0, 0.05) is 27.9 Å². The summed E-state index contributed by atoms with van der Waals surface area (Å²) in [5.41, 5.74) is 0. The molecule has 1 aliphatic heterocycles. The van der Waals surface area contributed by atoms with Gasteiger partial charge in [-0.25, -0.2) is 0 Å². The molecule has 30 heavy (non-hydrogen) atoms. The maximum absolute atomic E-state index is 6.20. The number of hydrogen-bond acceptors (Lipinski definition) is 7. The highest BCUT2D eigenvalue weighted by molar-refractivity contribution is 7.99. The van der Waals surface area contributed by atoms with E-state index in [-0.39, 0.29) is 12.2 Å². The van der Waals surface area contributed by atoms with Crippen molar-refractivity contribution in [3.05, 3.63) is 61.2 Å². The smallest absolute Gasteiger partial charge is 0.305 e. The lowest BCUT2D eigenvalue weighted by atomic mass is 10.3. The van der Waals surface area contributed by atoms with Gasteiger partial charge in [-0.3, -0.25) is 0 Å². The Morgan fingerprint density at radius 3 is 1.63 bits per heavy atom. The van der Waals surface area contributed by atoms with Gasteiger partial charge in [-0.05, 0) is 61.5 Å². The molecule has 1 saturated heterocycles. The summed E-state index contributed by atoms with van der Waals surface area (Å²) in [7, 11) is 3.33. The quantitative estimate of drug-likeness (QED) is 0.344. The molecule has 2 atom stereocenters. The predicted octanol–water partition coefficient (Wildman–Crippen LogP) is 5.25. The number of rotatable bonds is 11. The first kappa shape index (κ1) is 23.0. The van der Waals surface area contributed by atoms with E-state index in [1.807, 2.05) is 55.5 Å². The number of ether oxygens (including phenoxy) is 5. The van der Waals surface area contributed by atoms with Gasteiger partial charge in [-0.15, -0.1) is 23.5 Å². The molecule has 5 nitrogen and oxygen atoms in total. The van der Waals surface area contributed by atoms with Gasteiger partial charge in [0.15, 0.2) is 0 Å². The third-order valence-electron chi connectivity index (χ3n) is 4.59. The van der Waals surface area contributed by atoms with Crippen molar-refractivity contribution in [2.24, 2.45) is 0 Å². The Morgan fingerprint density at radius 2 is 1.30 bits per heavy atom. The van der Waals surface area contributed by atoms with Crippen LogP contribution in [0.1, 0.15) is 6.92 Å². The van der Waals surface area contributed by atoms with Crippen LogP contribution in [0.3, 0.4) is 0 Å². The van der Waals surface area contributed by atoms with Gasteiger partial charge in [-0.1, -0.05) is 6.58 Å². The minimum absolute atomic E-state index is 0.132. The highest BCUT2D eigenvalue weighted by Gasteiger charge is 2.46. The van der Waals surface area contributed by atoms with Crippen LogP contribution in [0.25, 0.3) is 0 Å². The molecule has 0 saturated carbocycles. The minimum Gasteiger partial charge on any atom is -0.497 e. The second kappa shape index (κ2) is 11.1. The van der Waals surface area contributed by atoms with Crippen LogP contribution in [0.15, 0.2) is 71.0 Å². The SMILES string of the molecule is C=CC1(OCC)OC(CSc2ccc(OC)cc2)C(CSc2ccc(OC)cc2)O1. The second-order valence-electron chi connectivity index (χ2n) is 6.53. The van der Waals surface area contributed by atoms with Gasteiger partial charge in [0.2, 0.25) is 0 Å². The van der Waals surface area contributed by atoms with Crippen LogP contribution in [0.2, 0.25) is 0 Å². The first-order valence-electron chi connectivity index (χ1n) is 9.78. The maximum Gasteiger partial charge on any atom is 0.305 e. The Balaban J connectivity index is 1.65. The van der Waals surface area contributed by atoms with Crippen LogP contribution in [0, 0.1) is 0 Å². The van der Waals surface area contributed by atoms with E-state index in [9.17, 15) is 0 Å². The van der Waals surface area contributed by atoms with Crippen molar-refractivity contribution < 1.29 is 23.7 Å². The van der Waals surface area contributed by atoms with Crippen LogP contribution < -0.4 is 9.47 Å². The minimum atomic E-state index is -1.19. The summed E-state index contributed by atoms with van der Waals surface area (Å²) >= 11 is 3.44. The van der Waals surface area contributed by atoms with Gasteiger partial charge in [0.25, 0.3) is 0 Å². The van der Waals surface area contributed by atoms with E-state index in [1.54, 1.807) is 43.8 Å². The number of thioether (sulfide) groups is 2. The van der Waals surface area contributed by atoms with Crippen molar-refractivity contribution >= 4 is 23.5 Å². The van der Waals surface area contributed by atoms with Crippen molar-refractivity contribution in [1.29, 1.82) is 0 Å². The largest absolute Gasteiger partial charge is 0.497 e. The molecule has 2 aromatic rings. The zero-order valence-corrected chi connectivity index (χ0v) is 19.2. The second-order valence-corrected chi connectivity index (χ2v) is 8.71. The monoisotopic (exact) mass is 448 g/mol. The third-order valence-corrected chi connectivity index (χ3v) is 6.79. The Morgan fingerprint density at radius 1 is 0.867 bits per heavy atom. The number of methoxy groups -OCH3 is 2. The molecule has 1 heterocycles. The Labute approximate surface area is 187 Å². The van der Waals surface area contributed by atoms with Gasteiger partial charge in [-0.2, -0.15) is 0 Å². The summed E-state index contributed by atoms with van der Waals surface area (Å²) in [6.07, 6.45) is 1.33. The standard InChI is InChI=1S/C23H28O5S2/c1-5-23(26-6-2)27-21(15-29-19-11-7-17(24-3)8-12-19)22(28-23)16-30-20-13-9-18(25-4)10-14-20/h5,7-14,21-22H,1,6,15-16H2,2-4H3. The highest BCUT2D eigenvalue weighted by Crippen LogP contribution is 2.37. The van der Waals surface area contributed by atoms with Crippen LogP contribution in [-0.2, 0) is 14.2 Å². The first-order chi connectivity index (χ1) is 14.6. The maximum atomic E-state index is 6.20. The van der Waals surface area contributed by atoms with E-state index in [0.717, 1.165) is 32.8 Å². The summed E-state index contributed by atoms with van der Waals surface area (Å²) in [5, 5.41) is 0. The van der Waals surface area contributed by atoms with Gasteiger partial charge in [0.1, 0.15) is 23.7 Å². The lowest BCUT2D eigenvalue weighted by Crippen LogP contribution is -2.32. The van der Waals surface area contributed by atoms with Gasteiger partial charge >= 0.3 is 5.97 Å². The molecule has 0 N–H and O–H groups in total. The molecule has 1 aliphatic rings. The normalized spacial score (nSPS) is 23.3. The van der Waals surface area contributed by atoms with Crippen molar-refractivity contribution in [1.82, 2.24) is 0 Å². The van der Waals surface area contributed by atoms with Crippen LogP contribution in [0.5, 0.6) is 11.5 Å². The van der Waals surface area contributed by atoms with E-state index in [4.69, 9.17) is 23.7 Å². The molecule has 0 aliphatic carbocycles. The van der Waals surface area contributed by atoms with E-state index in [2.05, 4.69) is 6.58 Å². The van der Waals surface area contributed by atoms with Crippen LogP contribution in [0.4, 0.5) is 0 Å². The lowest BCUT2D eigenvalue weighted by Gasteiger charge is -2.23. The molecule has 3 rings (SSSR count). The molecule has 0 spiro atoms.